The second kappa shape index (κ2) is 4.67. The minimum atomic E-state index is -0.366. The number of hydrogen-bond donors (Lipinski definition) is 1. The maximum atomic E-state index is 11.3. The lowest BCUT2D eigenvalue weighted by Crippen LogP contribution is -2.47. The van der Waals surface area contributed by atoms with Gasteiger partial charge < -0.3 is 10.1 Å². The van der Waals surface area contributed by atoms with Crippen molar-refractivity contribution in [2.75, 3.05) is 13.7 Å². The molecule has 0 spiro atoms. The second-order valence-electron chi connectivity index (χ2n) is 2.96. The van der Waals surface area contributed by atoms with Crippen LogP contribution in [0.25, 0.3) is 0 Å². The monoisotopic (exact) mass is 193 g/mol. The number of esters is 1. The number of carbonyl (C=O) groups is 1. The number of ether oxygens (including phenoxy) is 1. The molecule has 0 bridgehead atoms. The van der Waals surface area contributed by atoms with E-state index in [4.69, 9.17) is 4.74 Å². The van der Waals surface area contributed by atoms with Crippen molar-refractivity contribution in [3.05, 3.63) is 0 Å². The minimum Gasteiger partial charge on any atom is -0.468 e. The number of rotatable bonds is 2. The molecule has 0 unspecified atom stereocenters. The van der Waals surface area contributed by atoms with Crippen molar-refractivity contribution < 1.29 is 9.53 Å². The van der Waals surface area contributed by atoms with Gasteiger partial charge >= 0.3 is 5.97 Å². The third-order valence-corrected chi connectivity index (χ3v) is 2.42. The van der Waals surface area contributed by atoms with Gasteiger partial charge in [-0.05, 0) is 25.8 Å². The molecule has 0 saturated carbocycles. The topological polar surface area (TPSA) is 38.3 Å². The zero-order chi connectivity index (χ0) is 8.32. The van der Waals surface area contributed by atoms with E-state index in [1.807, 2.05) is 6.92 Å². The summed E-state index contributed by atoms with van der Waals surface area (Å²) in [5.74, 6) is -0.113. The molecule has 1 heterocycles. The lowest BCUT2D eigenvalue weighted by Gasteiger charge is -2.24. The van der Waals surface area contributed by atoms with Gasteiger partial charge in [-0.1, -0.05) is 6.92 Å². The fourth-order valence-electron chi connectivity index (χ4n) is 1.62. The van der Waals surface area contributed by atoms with Crippen molar-refractivity contribution in [3.8, 4) is 0 Å². The molecule has 1 atom stereocenters. The van der Waals surface area contributed by atoms with Crippen molar-refractivity contribution in [3.63, 3.8) is 0 Å². The van der Waals surface area contributed by atoms with E-state index in [2.05, 4.69) is 5.32 Å². The summed E-state index contributed by atoms with van der Waals surface area (Å²) in [6, 6.07) is 0. The Kier molecular flexibility index (Phi) is 4.57. The fraction of sp³-hybridized carbons (Fsp3) is 0.875. The average molecular weight is 194 g/mol. The van der Waals surface area contributed by atoms with Crippen LogP contribution in [-0.4, -0.2) is 25.2 Å². The van der Waals surface area contributed by atoms with Gasteiger partial charge in [0, 0.05) is 0 Å². The molecule has 0 aromatic heterocycles. The number of halogens is 1. The highest BCUT2D eigenvalue weighted by Crippen LogP contribution is 2.23. The third-order valence-electron chi connectivity index (χ3n) is 2.42. The molecule has 4 heteroatoms. The Labute approximate surface area is 79.3 Å². The first-order valence-electron chi connectivity index (χ1n) is 4.08. The Balaban J connectivity index is 0.00000121. The van der Waals surface area contributed by atoms with Gasteiger partial charge in [0.05, 0.1) is 7.11 Å². The molecular weight excluding hydrogens is 178 g/mol. The molecule has 3 nitrogen and oxygen atoms in total. The van der Waals surface area contributed by atoms with E-state index in [0.29, 0.717) is 0 Å². The van der Waals surface area contributed by atoms with E-state index in [0.717, 1.165) is 25.8 Å². The summed E-state index contributed by atoms with van der Waals surface area (Å²) >= 11 is 0. The molecule has 1 aliphatic heterocycles. The van der Waals surface area contributed by atoms with Gasteiger partial charge in [-0.3, -0.25) is 4.79 Å². The predicted molar refractivity (Wildman–Crippen MR) is 49.5 cm³/mol. The molecule has 0 radical (unpaired) electrons. The van der Waals surface area contributed by atoms with Gasteiger partial charge in [-0.2, -0.15) is 0 Å². The van der Waals surface area contributed by atoms with E-state index in [-0.39, 0.29) is 23.9 Å². The maximum Gasteiger partial charge on any atom is 0.326 e. The lowest BCUT2D eigenvalue weighted by molar-refractivity contribution is -0.148. The van der Waals surface area contributed by atoms with E-state index < -0.39 is 0 Å². The van der Waals surface area contributed by atoms with Crippen LogP contribution >= 0.6 is 12.4 Å². The van der Waals surface area contributed by atoms with Gasteiger partial charge in [-0.25, -0.2) is 0 Å². The molecule has 1 N–H and O–H groups in total. The standard InChI is InChI=1S/C8H15NO2.ClH/c1-3-8(7(10)11-2)5-4-6-9-8;/h9H,3-6H2,1-2H3;1H/t8-;/m0./s1. The van der Waals surface area contributed by atoms with Crippen molar-refractivity contribution in [2.45, 2.75) is 31.7 Å². The first kappa shape index (κ1) is 11.7. The quantitative estimate of drug-likeness (QED) is 0.668. The lowest BCUT2D eigenvalue weighted by atomic mass is 9.95. The maximum absolute atomic E-state index is 11.3. The number of nitrogens with one attached hydrogen (secondary N) is 1. The molecule has 1 rings (SSSR count). The molecule has 72 valence electrons. The molecule has 1 fully saturated rings. The zero-order valence-electron chi connectivity index (χ0n) is 7.55. The summed E-state index contributed by atoms with van der Waals surface area (Å²) in [7, 11) is 1.44. The van der Waals surface area contributed by atoms with Crippen LogP contribution in [0.5, 0.6) is 0 Å². The molecular formula is C8H16ClNO2. The van der Waals surface area contributed by atoms with E-state index in [9.17, 15) is 4.79 Å². The van der Waals surface area contributed by atoms with Crippen molar-refractivity contribution in [1.82, 2.24) is 5.32 Å². The SMILES string of the molecule is CC[C@@]1(C(=O)OC)CCCN1.Cl. The Morgan fingerprint density at radius 3 is 2.67 bits per heavy atom. The summed E-state index contributed by atoms with van der Waals surface area (Å²) in [6.45, 7) is 2.94. The summed E-state index contributed by atoms with van der Waals surface area (Å²) in [6.07, 6.45) is 2.80. The molecule has 1 saturated heterocycles. The Hall–Kier alpha value is -0.280. The summed E-state index contributed by atoms with van der Waals surface area (Å²) in [4.78, 5) is 11.3. The summed E-state index contributed by atoms with van der Waals surface area (Å²) in [5.41, 5.74) is -0.366. The second-order valence-corrected chi connectivity index (χ2v) is 2.96. The average Bonchev–Trinajstić information content (AvgIpc) is 2.52. The van der Waals surface area contributed by atoms with Gasteiger partial charge in [0.1, 0.15) is 5.54 Å². The van der Waals surface area contributed by atoms with Gasteiger partial charge in [0.25, 0.3) is 0 Å². The smallest absolute Gasteiger partial charge is 0.326 e. The third kappa shape index (κ3) is 1.90. The largest absolute Gasteiger partial charge is 0.468 e. The van der Waals surface area contributed by atoms with Gasteiger partial charge in [-0.15, -0.1) is 12.4 Å². The predicted octanol–water partition coefficient (Wildman–Crippen LogP) is 1.11. The Morgan fingerprint density at radius 2 is 2.33 bits per heavy atom. The highest BCUT2D eigenvalue weighted by molar-refractivity contribution is 5.85. The van der Waals surface area contributed by atoms with E-state index in [1.54, 1.807) is 0 Å². The van der Waals surface area contributed by atoms with Crippen LogP contribution in [-0.2, 0) is 9.53 Å². The Bertz CT molecular complexity index is 155. The Morgan fingerprint density at radius 1 is 1.67 bits per heavy atom. The van der Waals surface area contributed by atoms with Crippen LogP contribution in [0.3, 0.4) is 0 Å². The van der Waals surface area contributed by atoms with Crippen molar-refractivity contribution in [1.29, 1.82) is 0 Å². The van der Waals surface area contributed by atoms with Crippen LogP contribution in [0.1, 0.15) is 26.2 Å². The number of carbonyl (C=O) groups excluding carboxylic acids is 1. The molecule has 0 aromatic rings. The van der Waals surface area contributed by atoms with E-state index in [1.165, 1.54) is 7.11 Å². The van der Waals surface area contributed by atoms with Crippen LogP contribution in [0.2, 0.25) is 0 Å². The summed E-state index contributed by atoms with van der Waals surface area (Å²) in [5, 5.41) is 3.20. The molecule has 0 amide bonds. The van der Waals surface area contributed by atoms with Crippen LogP contribution in [0, 0.1) is 0 Å². The van der Waals surface area contributed by atoms with Crippen molar-refractivity contribution >= 4 is 18.4 Å². The van der Waals surface area contributed by atoms with E-state index >= 15 is 0 Å². The molecule has 0 aliphatic carbocycles. The number of methoxy groups -OCH3 is 1. The highest BCUT2D eigenvalue weighted by Gasteiger charge is 2.39. The van der Waals surface area contributed by atoms with Crippen molar-refractivity contribution in [2.24, 2.45) is 0 Å². The number of hydrogen-bond acceptors (Lipinski definition) is 3. The first-order valence-corrected chi connectivity index (χ1v) is 4.08. The fourth-order valence-corrected chi connectivity index (χ4v) is 1.62. The molecule has 12 heavy (non-hydrogen) atoms. The van der Waals surface area contributed by atoms with Crippen LogP contribution < -0.4 is 5.32 Å². The van der Waals surface area contributed by atoms with Crippen LogP contribution in [0.15, 0.2) is 0 Å². The molecule has 0 aromatic carbocycles. The minimum absolute atomic E-state index is 0. The zero-order valence-corrected chi connectivity index (χ0v) is 8.37. The summed E-state index contributed by atoms with van der Waals surface area (Å²) < 4.78 is 4.73. The van der Waals surface area contributed by atoms with Gasteiger partial charge in [0.2, 0.25) is 0 Å². The van der Waals surface area contributed by atoms with Crippen LogP contribution in [0.4, 0.5) is 0 Å². The normalized spacial score (nSPS) is 27.8. The highest BCUT2D eigenvalue weighted by atomic mass is 35.5. The first-order chi connectivity index (χ1) is 5.25. The molecule has 1 aliphatic rings. The van der Waals surface area contributed by atoms with Gasteiger partial charge in [0.15, 0.2) is 0 Å².